The summed E-state index contributed by atoms with van der Waals surface area (Å²) in [6.07, 6.45) is 4.04. The highest BCUT2D eigenvalue weighted by Crippen LogP contribution is 2.41. The highest BCUT2D eigenvalue weighted by molar-refractivity contribution is 7.00. The highest BCUT2D eigenvalue weighted by Gasteiger charge is 2.52. The van der Waals surface area contributed by atoms with Crippen LogP contribution in [-0.2, 0) is 50.5 Å². The summed E-state index contributed by atoms with van der Waals surface area (Å²) in [6, 6.07) is 61.2. The first kappa shape index (κ1) is 61.7. The molecular formula is C70H90O9Si2. The van der Waals surface area contributed by atoms with Crippen LogP contribution in [0.5, 0.6) is 5.75 Å². The number of methoxy groups -OCH3 is 1. The van der Waals surface area contributed by atoms with Gasteiger partial charge >= 0.3 is 0 Å². The minimum Gasteiger partial charge on any atom is -0.497 e. The van der Waals surface area contributed by atoms with E-state index in [1.807, 2.05) is 70.2 Å². The zero-order valence-electron chi connectivity index (χ0n) is 50.2. The van der Waals surface area contributed by atoms with Gasteiger partial charge in [0, 0.05) is 31.3 Å². The third-order valence-corrected chi connectivity index (χ3v) is 26.5. The SMILES string of the molecule is COc1ccc(COC[C@H]2C/C(=C/CO[Si](c3ccccc3)(c3ccccc3)C(C)(C)C)C[C@@H](CC(=O)C(C)(C)[C@H](C[C@H]3C[C@H](CCO[Si](c4ccccc4)(c4ccccc4)C(C)(C)C)OC(C)(C)O3)OCc3ccccc3)O2)cc1. The normalized spacial score (nSPS) is 20.0. The number of hydrogen-bond donors (Lipinski definition) is 0. The van der Waals surface area contributed by atoms with Crippen LogP contribution >= 0.6 is 0 Å². The van der Waals surface area contributed by atoms with Crippen LogP contribution in [0.15, 0.2) is 188 Å². The fourth-order valence-electron chi connectivity index (χ4n) is 12.4. The molecule has 0 bridgehead atoms. The standard InChI is InChI=1S/C70H90O9Si2/c1-67(2,3)80(61-29-19-13-20-30-61,62-31-21-14-22-32-62)75-43-41-55-45-58(77-60(46-55)52-73-50-54-37-39-56(72-11)40-38-54)48-65(71)69(7,8)66(74-51-53-27-17-12-18-28-53)49-59-47-57(78-70(9,10)79-59)42-44-76-81(68(4,5)6,63-33-23-15-24-34-63)64-35-25-16-26-36-64/h12-41,57-60,66H,42-52H2,1-11H3/b55-41+/t57-,58-,59+,60+,66-/m0/s1. The Kier molecular flexibility index (Phi) is 20.9. The molecule has 0 radical (unpaired) electrons. The van der Waals surface area contributed by atoms with Gasteiger partial charge in [-0.25, -0.2) is 0 Å². The second kappa shape index (κ2) is 27.4. The van der Waals surface area contributed by atoms with Gasteiger partial charge in [0.25, 0.3) is 16.6 Å². The molecule has 0 unspecified atom stereocenters. The van der Waals surface area contributed by atoms with Crippen LogP contribution in [-0.4, -0.2) is 85.7 Å². The number of ether oxygens (including phenoxy) is 6. The first-order chi connectivity index (χ1) is 38.7. The van der Waals surface area contributed by atoms with Gasteiger partial charge in [-0.1, -0.05) is 231 Å². The maximum absolute atomic E-state index is 15.3. The summed E-state index contributed by atoms with van der Waals surface area (Å²) in [4.78, 5) is 15.3. The van der Waals surface area contributed by atoms with E-state index in [1.165, 1.54) is 26.3 Å². The zero-order chi connectivity index (χ0) is 57.7. The molecule has 2 heterocycles. The lowest BCUT2D eigenvalue weighted by Crippen LogP contribution is -2.66. The van der Waals surface area contributed by atoms with Crippen molar-refractivity contribution >= 4 is 43.2 Å². The van der Waals surface area contributed by atoms with Crippen molar-refractivity contribution in [1.29, 1.82) is 0 Å². The van der Waals surface area contributed by atoms with E-state index in [9.17, 15) is 0 Å². The average Bonchev–Trinajstić information content (AvgIpc) is 3.57. The van der Waals surface area contributed by atoms with E-state index in [2.05, 4.69) is 181 Å². The van der Waals surface area contributed by atoms with Crippen molar-refractivity contribution < 1.29 is 42.1 Å². The molecule has 0 spiro atoms. The largest absolute Gasteiger partial charge is 0.497 e. The van der Waals surface area contributed by atoms with Crippen molar-refractivity contribution in [2.75, 3.05) is 26.9 Å². The maximum Gasteiger partial charge on any atom is 0.261 e. The van der Waals surface area contributed by atoms with Gasteiger partial charge in [0.05, 0.1) is 64.1 Å². The predicted molar refractivity (Wildman–Crippen MR) is 332 cm³/mol. The summed E-state index contributed by atoms with van der Waals surface area (Å²) in [7, 11) is -3.91. The number of carbonyl (C=O) groups is 1. The average molecular weight is 1130 g/mol. The van der Waals surface area contributed by atoms with E-state index in [0.717, 1.165) is 16.9 Å². The molecule has 2 aliphatic heterocycles. The minimum absolute atomic E-state index is 0.0786. The van der Waals surface area contributed by atoms with Crippen molar-refractivity contribution in [3.8, 4) is 5.75 Å². The maximum atomic E-state index is 15.3. The molecule has 432 valence electrons. The van der Waals surface area contributed by atoms with Crippen molar-refractivity contribution in [2.45, 2.75) is 167 Å². The Morgan fingerprint density at radius 3 is 1.57 bits per heavy atom. The molecule has 0 saturated carbocycles. The highest BCUT2D eigenvalue weighted by atomic mass is 28.4. The number of ketones is 1. The van der Waals surface area contributed by atoms with E-state index in [-0.39, 0.29) is 46.7 Å². The summed E-state index contributed by atoms with van der Waals surface area (Å²) in [6.45, 7) is 24.0. The lowest BCUT2D eigenvalue weighted by Gasteiger charge is -2.45. The molecule has 0 N–H and O–H groups in total. The second-order valence-electron chi connectivity index (χ2n) is 25.3. The number of hydrogen-bond acceptors (Lipinski definition) is 9. The lowest BCUT2D eigenvalue weighted by atomic mass is 9.76. The molecule has 6 aromatic carbocycles. The van der Waals surface area contributed by atoms with Crippen LogP contribution in [0.1, 0.15) is 119 Å². The quantitative estimate of drug-likeness (QED) is 0.0411. The van der Waals surface area contributed by atoms with Crippen LogP contribution in [0.2, 0.25) is 10.1 Å². The molecule has 0 aromatic heterocycles. The molecule has 6 aromatic rings. The second-order valence-corrected chi connectivity index (χ2v) is 33.9. The van der Waals surface area contributed by atoms with Gasteiger partial charge in [-0.2, -0.15) is 0 Å². The first-order valence-electron chi connectivity index (χ1n) is 29.3. The summed E-state index contributed by atoms with van der Waals surface area (Å²) in [5, 5.41) is 4.65. The number of Topliss-reactive ketones (excluding diaryl/α,β-unsaturated/α-hetero) is 1. The van der Waals surface area contributed by atoms with E-state index >= 15 is 4.79 Å². The topological polar surface area (TPSA) is 90.9 Å². The van der Waals surface area contributed by atoms with Gasteiger partial charge in [0.2, 0.25) is 0 Å². The minimum atomic E-state index is -2.81. The Bertz CT molecular complexity index is 2810. The third-order valence-electron chi connectivity index (χ3n) is 16.5. The summed E-state index contributed by atoms with van der Waals surface area (Å²) < 4.78 is 53.9. The molecule has 11 heteroatoms. The van der Waals surface area contributed by atoms with E-state index in [1.54, 1.807) is 7.11 Å². The van der Waals surface area contributed by atoms with Crippen molar-refractivity contribution in [3.63, 3.8) is 0 Å². The molecular weight excluding hydrogens is 1040 g/mol. The summed E-state index contributed by atoms with van der Waals surface area (Å²) in [5.74, 6) is 0.0107. The van der Waals surface area contributed by atoms with Gasteiger partial charge < -0.3 is 37.3 Å². The van der Waals surface area contributed by atoms with Crippen LogP contribution in [0.4, 0.5) is 0 Å². The first-order valence-corrected chi connectivity index (χ1v) is 33.1. The van der Waals surface area contributed by atoms with E-state index in [0.29, 0.717) is 65.1 Å². The molecule has 2 aliphatic rings. The Hall–Kier alpha value is -5.32. The smallest absolute Gasteiger partial charge is 0.261 e. The zero-order valence-corrected chi connectivity index (χ0v) is 52.2. The van der Waals surface area contributed by atoms with Gasteiger partial charge in [0.15, 0.2) is 5.79 Å². The lowest BCUT2D eigenvalue weighted by molar-refractivity contribution is -0.305. The van der Waals surface area contributed by atoms with Crippen LogP contribution in [0, 0.1) is 5.41 Å². The monoisotopic (exact) mass is 1130 g/mol. The molecule has 8 rings (SSSR count). The molecule has 5 atom stereocenters. The van der Waals surface area contributed by atoms with Gasteiger partial charge in [-0.3, -0.25) is 4.79 Å². The number of carbonyl (C=O) groups excluding carboxylic acids is 1. The Balaban J connectivity index is 1.02. The predicted octanol–water partition coefficient (Wildman–Crippen LogP) is 13.1. The van der Waals surface area contributed by atoms with Gasteiger partial charge in [0.1, 0.15) is 11.5 Å². The van der Waals surface area contributed by atoms with Crippen LogP contribution < -0.4 is 25.5 Å². The summed E-state index contributed by atoms with van der Waals surface area (Å²) in [5.41, 5.74) is 2.37. The molecule has 2 fully saturated rings. The molecule has 81 heavy (non-hydrogen) atoms. The summed E-state index contributed by atoms with van der Waals surface area (Å²) >= 11 is 0. The van der Waals surface area contributed by atoms with E-state index in [4.69, 9.17) is 37.3 Å². The number of benzene rings is 6. The molecule has 2 saturated heterocycles. The van der Waals surface area contributed by atoms with Gasteiger partial charge in [-0.05, 0) is 87.2 Å². The fraction of sp³-hybridized carbons (Fsp3) is 0.443. The van der Waals surface area contributed by atoms with Crippen LogP contribution in [0.25, 0.3) is 0 Å². The van der Waals surface area contributed by atoms with Gasteiger partial charge in [-0.15, -0.1) is 0 Å². The van der Waals surface area contributed by atoms with Crippen molar-refractivity contribution in [1.82, 2.24) is 0 Å². The number of rotatable bonds is 25. The third kappa shape index (κ3) is 15.5. The Morgan fingerprint density at radius 1 is 0.593 bits per heavy atom. The molecule has 0 amide bonds. The Morgan fingerprint density at radius 2 is 1.06 bits per heavy atom. The van der Waals surface area contributed by atoms with Crippen molar-refractivity contribution in [3.05, 3.63) is 199 Å². The Labute approximate surface area is 487 Å². The fourth-order valence-corrected chi connectivity index (χ4v) is 21.4. The molecule has 9 nitrogen and oxygen atoms in total. The van der Waals surface area contributed by atoms with Crippen molar-refractivity contribution in [2.24, 2.45) is 5.41 Å². The van der Waals surface area contributed by atoms with E-state index < -0.39 is 33.9 Å². The molecule has 0 aliphatic carbocycles. The van der Waals surface area contributed by atoms with Crippen LogP contribution in [0.3, 0.4) is 0 Å².